The number of aromatic amines is 2. The molecule has 3 aromatic heterocycles. The summed E-state index contributed by atoms with van der Waals surface area (Å²) >= 11 is 0. The van der Waals surface area contributed by atoms with E-state index in [1.54, 1.807) is 21.0 Å². The zero-order chi connectivity index (χ0) is 33.1. The molecule has 1 aliphatic carbocycles. The number of aryl methyl sites for hydroxylation is 1. The largest absolute Gasteiger partial charge is 0.497 e. The fraction of sp³-hybridized carbons (Fsp3) is 0.333. The number of nitrogens with one attached hydrogen (secondary N) is 4. The second kappa shape index (κ2) is 13.3. The lowest BCUT2D eigenvalue weighted by atomic mass is 9.97. The Labute approximate surface area is 274 Å². The van der Waals surface area contributed by atoms with Crippen LogP contribution in [0.4, 0.5) is 0 Å². The van der Waals surface area contributed by atoms with Gasteiger partial charge in [-0.05, 0) is 67.1 Å². The predicted octanol–water partition coefficient (Wildman–Crippen LogP) is 4.66. The Morgan fingerprint density at radius 3 is 2.36 bits per heavy atom. The lowest BCUT2D eigenvalue weighted by Crippen LogP contribution is -2.50. The van der Waals surface area contributed by atoms with Crippen LogP contribution >= 0.6 is 0 Å². The molecule has 5 aromatic rings. The summed E-state index contributed by atoms with van der Waals surface area (Å²) in [5.74, 6) is 1.40. The van der Waals surface area contributed by atoms with Crippen LogP contribution in [0.25, 0.3) is 17.0 Å². The third-order valence-electron chi connectivity index (χ3n) is 8.66. The first-order valence-electron chi connectivity index (χ1n) is 15.9. The fourth-order valence-corrected chi connectivity index (χ4v) is 6.20. The summed E-state index contributed by atoms with van der Waals surface area (Å²) in [6.45, 7) is 5.26. The molecular weight excluding hydrogens is 592 g/mol. The summed E-state index contributed by atoms with van der Waals surface area (Å²) in [5.41, 5.74) is 11.6. The second-order valence-corrected chi connectivity index (χ2v) is 12.8. The number of fused-ring (bicyclic) bond motifs is 2. The summed E-state index contributed by atoms with van der Waals surface area (Å²) in [6.07, 6.45) is 11.2. The molecule has 11 heteroatoms. The van der Waals surface area contributed by atoms with E-state index in [2.05, 4.69) is 38.8 Å². The van der Waals surface area contributed by atoms with Crippen molar-refractivity contribution in [2.45, 2.75) is 70.6 Å². The molecule has 47 heavy (non-hydrogen) atoms. The Hall–Kier alpha value is -5.16. The number of H-pyrrole nitrogens is 2. The molecule has 6 rings (SSSR count). The van der Waals surface area contributed by atoms with Gasteiger partial charge in [-0.3, -0.25) is 9.59 Å². The van der Waals surface area contributed by atoms with E-state index < -0.39 is 17.6 Å². The highest BCUT2D eigenvalue weighted by atomic mass is 16.5. The molecule has 1 aliphatic rings. The molecule has 244 valence electrons. The van der Waals surface area contributed by atoms with Gasteiger partial charge in [0.25, 0.3) is 0 Å². The number of carbonyl (C=O) groups excluding carboxylic acids is 2. The van der Waals surface area contributed by atoms with Crippen molar-refractivity contribution in [2.75, 3.05) is 7.11 Å². The van der Waals surface area contributed by atoms with Crippen molar-refractivity contribution >= 4 is 28.8 Å². The molecule has 6 N–H and O–H groups in total. The Morgan fingerprint density at radius 1 is 0.979 bits per heavy atom. The van der Waals surface area contributed by atoms with Gasteiger partial charge in [0.05, 0.1) is 31.3 Å². The van der Waals surface area contributed by atoms with Crippen LogP contribution in [-0.2, 0) is 35.4 Å². The maximum absolute atomic E-state index is 13.4. The van der Waals surface area contributed by atoms with E-state index in [0.29, 0.717) is 31.0 Å². The van der Waals surface area contributed by atoms with E-state index in [-0.39, 0.29) is 11.8 Å². The Kier molecular flexibility index (Phi) is 8.99. The molecule has 2 amide bonds. The Morgan fingerprint density at radius 2 is 1.66 bits per heavy atom. The van der Waals surface area contributed by atoms with Crippen LogP contribution in [0.1, 0.15) is 78.9 Å². The molecular formula is C36H42N8O3. The van der Waals surface area contributed by atoms with E-state index in [0.717, 1.165) is 51.7 Å². The maximum atomic E-state index is 13.4. The topological polar surface area (TPSA) is 156 Å². The van der Waals surface area contributed by atoms with Gasteiger partial charge in [0.15, 0.2) is 11.6 Å². The predicted molar refractivity (Wildman–Crippen MR) is 182 cm³/mol. The molecule has 2 atom stereocenters. The van der Waals surface area contributed by atoms with Crippen molar-refractivity contribution in [3.63, 3.8) is 0 Å². The minimum atomic E-state index is -1.12. The van der Waals surface area contributed by atoms with Crippen molar-refractivity contribution in [3.05, 3.63) is 107 Å². The van der Waals surface area contributed by atoms with Crippen LogP contribution in [0.15, 0.2) is 67.0 Å². The van der Waals surface area contributed by atoms with E-state index >= 15 is 0 Å². The van der Waals surface area contributed by atoms with Gasteiger partial charge in [-0.15, -0.1) is 10.2 Å². The summed E-state index contributed by atoms with van der Waals surface area (Å²) in [7, 11) is 1.63. The molecule has 0 bridgehead atoms. The van der Waals surface area contributed by atoms with Crippen molar-refractivity contribution in [1.82, 2.24) is 35.4 Å². The molecule has 0 saturated heterocycles. The van der Waals surface area contributed by atoms with Crippen LogP contribution in [0, 0.1) is 0 Å². The van der Waals surface area contributed by atoms with Crippen LogP contribution in [0.5, 0.6) is 5.75 Å². The zero-order valence-corrected chi connectivity index (χ0v) is 27.3. The summed E-state index contributed by atoms with van der Waals surface area (Å²) in [4.78, 5) is 32.8. The Bertz CT molecular complexity index is 1910. The lowest BCUT2D eigenvalue weighted by molar-refractivity contribution is -0.126. The van der Waals surface area contributed by atoms with Crippen molar-refractivity contribution in [1.29, 1.82) is 0 Å². The summed E-state index contributed by atoms with van der Waals surface area (Å²) in [6, 6.07) is 14.8. The van der Waals surface area contributed by atoms with Crippen LogP contribution in [-0.4, -0.2) is 49.2 Å². The maximum Gasteiger partial charge on any atom is 0.240 e. The number of hydrogen-bond acceptors (Lipinski definition) is 6. The number of amides is 2. The number of hydrogen-bond donors (Lipinski definition) is 5. The number of aromatic nitrogens is 5. The third-order valence-corrected chi connectivity index (χ3v) is 8.66. The smallest absolute Gasteiger partial charge is 0.240 e. The number of nitrogens with two attached hydrogens (primary N) is 1. The zero-order valence-electron chi connectivity index (χ0n) is 27.3. The molecule has 0 radical (unpaired) electrons. The number of para-hydroxylation sites is 1. The summed E-state index contributed by atoms with van der Waals surface area (Å²) in [5, 5.41) is 16.8. The number of benzene rings is 2. The second-order valence-electron chi connectivity index (χ2n) is 12.8. The molecule has 0 aliphatic heterocycles. The number of nitrogens with zero attached hydrogens (tertiary/aromatic N) is 3. The van der Waals surface area contributed by atoms with Crippen LogP contribution in [0.2, 0.25) is 0 Å². The van der Waals surface area contributed by atoms with Gasteiger partial charge in [-0.2, -0.15) is 0 Å². The highest BCUT2D eigenvalue weighted by Gasteiger charge is 2.32. The standard InChI is InChI=1S/C36H42N8O3/c1-22(45)40-31(17-24-19-38-29-11-7-5-9-27(24)29)33-42-43-34(44(33)21-23-13-15-26(47-4)16-14-23)32(41-35(46)36(2,3)37)18-25-20-39-30-12-8-6-10-28(25)30/h5-6,8-10,12-16,19-20,31-32,38-39H,7,11,17-18,21,37H2,1-4H3,(H,40,45)(H,41,46)/t31-,32-/m1/s1. The number of rotatable bonds is 12. The quantitative estimate of drug-likeness (QED) is 0.134. The minimum Gasteiger partial charge on any atom is -0.497 e. The van der Waals surface area contributed by atoms with Gasteiger partial charge in [-0.25, -0.2) is 0 Å². The van der Waals surface area contributed by atoms with Gasteiger partial charge in [0.1, 0.15) is 5.75 Å². The average molecular weight is 635 g/mol. The number of carbonyl (C=O) groups is 2. The van der Waals surface area contributed by atoms with E-state index in [4.69, 9.17) is 20.7 Å². The highest BCUT2D eigenvalue weighted by molar-refractivity contribution is 5.86. The van der Waals surface area contributed by atoms with Gasteiger partial charge in [0, 0.05) is 48.8 Å². The monoisotopic (exact) mass is 634 g/mol. The van der Waals surface area contributed by atoms with Crippen molar-refractivity contribution in [3.8, 4) is 5.75 Å². The van der Waals surface area contributed by atoms with E-state index in [1.165, 1.54) is 12.6 Å². The SMILES string of the molecule is COc1ccc(Cn2c([C@@H](Cc3c[nH]c4c3C=CCC4)NC(C)=O)nnc2[C@@H](Cc2c[nH]c3ccccc23)NC(=O)C(C)(C)N)cc1. The number of ether oxygens (including phenoxy) is 1. The molecule has 11 nitrogen and oxygen atoms in total. The van der Waals surface area contributed by atoms with Crippen molar-refractivity contribution in [2.24, 2.45) is 5.73 Å². The van der Waals surface area contributed by atoms with Gasteiger partial charge in [0.2, 0.25) is 11.8 Å². The summed E-state index contributed by atoms with van der Waals surface area (Å²) < 4.78 is 7.41. The first-order chi connectivity index (χ1) is 22.6. The fourth-order valence-electron chi connectivity index (χ4n) is 6.20. The number of methoxy groups -OCH3 is 1. The average Bonchev–Trinajstić information content (AvgIpc) is 3.77. The molecule has 0 saturated carbocycles. The van der Waals surface area contributed by atoms with Gasteiger partial charge >= 0.3 is 0 Å². The normalized spacial score (nSPS) is 14.1. The van der Waals surface area contributed by atoms with Crippen LogP contribution < -0.4 is 21.1 Å². The molecule has 3 heterocycles. The molecule has 0 spiro atoms. The highest BCUT2D eigenvalue weighted by Crippen LogP contribution is 2.30. The number of allylic oxidation sites excluding steroid dienone is 1. The minimum absolute atomic E-state index is 0.177. The van der Waals surface area contributed by atoms with E-state index in [1.807, 2.05) is 59.4 Å². The van der Waals surface area contributed by atoms with Crippen LogP contribution in [0.3, 0.4) is 0 Å². The lowest BCUT2D eigenvalue weighted by Gasteiger charge is -2.26. The molecule has 0 fully saturated rings. The van der Waals surface area contributed by atoms with Crippen molar-refractivity contribution < 1.29 is 14.3 Å². The van der Waals surface area contributed by atoms with Gasteiger partial charge < -0.3 is 35.6 Å². The van der Waals surface area contributed by atoms with Gasteiger partial charge in [-0.1, -0.05) is 42.5 Å². The molecule has 0 unspecified atom stereocenters. The molecule has 2 aromatic carbocycles. The first kappa shape index (κ1) is 31.8. The Balaban J connectivity index is 1.46. The van der Waals surface area contributed by atoms with E-state index in [9.17, 15) is 9.59 Å². The first-order valence-corrected chi connectivity index (χ1v) is 15.9. The third kappa shape index (κ3) is 7.00.